The van der Waals surface area contributed by atoms with E-state index in [9.17, 15) is 4.79 Å². The molecule has 0 N–H and O–H groups in total. The Balaban J connectivity index is 1.48. The molecule has 0 unspecified atom stereocenters. The summed E-state index contributed by atoms with van der Waals surface area (Å²) >= 11 is 7.61. The van der Waals surface area contributed by atoms with Crippen LogP contribution in [-0.2, 0) is 5.75 Å². The van der Waals surface area contributed by atoms with Gasteiger partial charge in [0.05, 0.1) is 16.7 Å². The number of nitrogens with zero attached hydrogens (tertiary/aromatic N) is 4. The van der Waals surface area contributed by atoms with Crippen molar-refractivity contribution in [2.24, 2.45) is 0 Å². The van der Waals surface area contributed by atoms with E-state index in [0.29, 0.717) is 38.6 Å². The quantitative estimate of drug-likeness (QED) is 0.277. The van der Waals surface area contributed by atoms with Crippen LogP contribution in [0.15, 0.2) is 62.9 Å². The summed E-state index contributed by atoms with van der Waals surface area (Å²) in [6.45, 7) is 0. The minimum absolute atomic E-state index is 0.00781. The summed E-state index contributed by atoms with van der Waals surface area (Å²) in [7, 11) is 0. The monoisotopic (exact) mass is 452 g/mol. The first-order valence-electron chi connectivity index (χ1n) is 10.4. The summed E-state index contributed by atoms with van der Waals surface area (Å²) in [5.74, 6) is 1.42. The summed E-state index contributed by atoms with van der Waals surface area (Å²) < 4.78 is 7.70. The molecule has 1 fully saturated rings. The van der Waals surface area contributed by atoms with Crippen LogP contribution >= 0.6 is 23.4 Å². The van der Waals surface area contributed by atoms with Crippen molar-refractivity contribution in [3.63, 3.8) is 0 Å². The third kappa shape index (κ3) is 4.25. The Kier molecular flexibility index (Phi) is 5.78. The largest absolute Gasteiger partial charge is 0.420 e. The van der Waals surface area contributed by atoms with Crippen molar-refractivity contribution in [2.45, 2.75) is 49.1 Å². The summed E-state index contributed by atoms with van der Waals surface area (Å²) in [6, 6.07) is 15.1. The van der Waals surface area contributed by atoms with Gasteiger partial charge in [-0.3, -0.25) is 9.36 Å². The van der Waals surface area contributed by atoms with Crippen molar-refractivity contribution < 1.29 is 4.42 Å². The normalized spacial score (nSPS) is 14.9. The van der Waals surface area contributed by atoms with Crippen LogP contribution in [0, 0.1) is 0 Å². The van der Waals surface area contributed by atoms with Crippen LogP contribution in [-0.4, -0.2) is 19.7 Å². The third-order valence-electron chi connectivity index (χ3n) is 5.58. The number of hydrogen-bond donors (Lipinski definition) is 0. The molecule has 0 atom stereocenters. The van der Waals surface area contributed by atoms with Crippen molar-refractivity contribution in [2.75, 3.05) is 0 Å². The number of fused-ring (bicyclic) bond motifs is 1. The van der Waals surface area contributed by atoms with Crippen molar-refractivity contribution in [1.29, 1.82) is 0 Å². The standard InChI is InChI=1S/C23H21ClN4O2S/c24-16-11-12-18-19(13-16)25-23(28(22(18)29)17-9-5-2-6-10-17)31-14-20-26-27-21(30-20)15-7-3-1-4-8-15/h1,3-4,7-8,11-13,17H,2,5-6,9-10,14H2. The van der Waals surface area contributed by atoms with E-state index < -0.39 is 0 Å². The van der Waals surface area contributed by atoms with E-state index in [1.54, 1.807) is 18.2 Å². The molecule has 158 valence electrons. The smallest absolute Gasteiger partial charge is 0.262 e. The molecule has 2 heterocycles. The first-order chi connectivity index (χ1) is 15.2. The van der Waals surface area contributed by atoms with Gasteiger partial charge in [0.1, 0.15) is 0 Å². The molecule has 0 bridgehead atoms. The molecule has 8 heteroatoms. The van der Waals surface area contributed by atoms with Gasteiger partial charge in [-0.2, -0.15) is 0 Å². The van der Waals surface area contributed by atoms with E-state index in [-0.39, 0.29) is 11.6 Å². The maximum atomic E-state index is 13.4. The second-order valence-corrected chi connectivity index (χ2v) is 9.06. The first kappa shape index (κ1) is 20.3. The summed E-state index contributed by atoms with van der Waals surface area (Å²) in [6.07, 6.45) is 5.46. The Bertz CT molecular complexity index is 1270. The van der Waals surface area contributed by atoms with Gasteiger partial charge < -0.3 is 4.42 Å². The number of benzene rings is 2. The van der Waals surface area contributed by atoms with Crippen molar-refractivity contribution in [3.05, 3.63) is 69.8 Å². The molecule has 0 aliphatic heterocycles. The molecule has 1 saturated carbocycles. The van der Waals surface area contributed by atoms with Crippen LogP contribution in [0.2, 0.25) is 5.02 Å². The molecule has 6 nitrogen and oxygen atoms in total. The van der Waals surface area contributed by atoms with Crippen LogP contribution < -0.4 is 5.56 Å². The van der Waals surface area contributed by atoms with E-state index in [1.807, 2.05) is 34.9 Å². The molecule has 0 spiro atoms. The number of hydrogen-bond acceptors (Lipinski definition) is 6. The van der Waals surface area contributed by atoms with Gasteiger partial charge in [0.25, 0.3) is 5.56 Å². The predicted octanol–water partition coefficient (Wildman–Crippen LogP) is 5.90. The molecule has 31 heavy (non-hydrogen) atoms. The van der Waals surface area contributed by atoms with Gasteiger partial charge >= 0.3 is 0 Å². The second-order valence-electron chi connectivity index (χ2n) is 7.68. The van der Waals surface area contributed by atoms with Crippen LogP contribution in [0.1, 0.15) is 44.0 Å². The molecule has 1 aliphatic carbocycles. The van der Waals surface area contributed by atoms with Gasteiger partial charge in [-0.1, -0.05) is 60.8 Å². The zero-order valence-corrected chi connectivity index (χ0v) is 18.4. The van der Waals surface area contributed by atoms with Gasteiger partial charge in [0.15, 0.2) is 5.16 Å². The molecule has 0 saturated heterocycles. The Morgan fingerprint density at radius 3 is 2.68 bits per heavy atom. The molecule has 0 amide bonds. The fourth-order valence-corrected chi connectivity index (χ4v) is 5.12. The molecule has 0 radical (unpaired) electrons. The Morgan fingerprint density at radius 2 is 1.87 bits per heavy atom. The number of halogens is 1. The third-order valence-corrected chi connectivity index (χ3v) is 6.76. The lowest BCUT2D eigenvalue weighted by Crippen LogP contribution is -2.29. The molecular formula is C23H21ClN4O2S. The highest BCUT2D eigenvalue weighted by atomic mass is 35.5. The van der Waals surface area contributed by atoms with E-state index in [2.05, 4.69) is 10.2 Å². The number of thioether (sulfide) groups is 1. The van der Waals surface area contributed by atoms with Gasteiger partial charge in [-0.15, -0.1) is 10.2 Å². The maximum absolute atomic E-state index is 13.4. The minimum Gasteiger partial charge on any atom is -0.420 e. The fourth-order valence-electron chi connectivity index (χ4n) is 4.05. The Labute approximate surface area is 188 Å². The molecule has 2 aromatic heterocycles. The van der Waals surface area contributed by atoms with Crippen LogP contribution in [0.25, 0.3) is 22.4 Å². The number of aromatic nitrogens is 4. The Hall–Kier alpha value is -2.64. The van der Waals surface area contributed by atoms with Gasteiger partial charge in [0, 0.05) is 16.6 Å². The maximum Gasteiger partial charge on any atom is 0.262 e. The predicted molar refractivity (Wildman–Crippen MR) is 122 cm³/mol. The first-order valence-corrected chi connectivity index (χ1v) is 11.8. The zero-order chi connectivity index (χ0) is 21.2. The topological polar surface area (TPSA) is 73.8 Å². The lowest BCUT2D eigenvalue weighted by Gasteiger charge is -2.26. The Morgan fingerprint density at radius 1 is 1.06 bits per heavy atom. The van der Waals surface area contributed by atoms with Crippen molar-refractivity contribution >= 4 is 34.3 Å². The summed E-state index contributed by atoms with van der Waals surface area (Å²) in [5.41, 5.74) is 1.48. The lowest BCUT2D eigenvalue weighted by molar-refractivity contribution is 0.326. The van der Waals surface area contributed by atoms with Gasteiger partial charge in [0.2, 0.25) is 11.8 Å². The van der Waals surface area contributed by atoms with E-state index in [0.717, 1.165) is 31.2 Å². The van der Waals surface area contributed by atoms with Gasteiger partial charge in [-0.05, 0) is 43.2 Å². The average molecular weight is 453 g/mol. The lowest BCUT2D eigenvalue weighted by atomic mass is 9.95. The minimum atomic E-state index is -0.00781. The molecule has 4 aromatic rings. The van der Waals surface area contributed by atoms with E-state index in [1.165, 1.54) is 18.2 Å². The SMILES string of the molecule is O=c1c2ccc(Cl)cc2nc(SCc2nnc(-c3ccccc3)o2)n1C1CCCCC1. The highest BCUT2D eigenvalue weighted by Crippen LogP contribution is 2.32. The molecule has 5 rings (SSSR count). The summed E-state index contributed by atoms with van der Waals surface area (Å²) in [4.78, 5) is 18.2. The van der Waals surface area contributed by atoms with Crippen molar-refractivity contribution in [1.82, 2.24) is 19.7 Å². The molecular weight excluding hydrogens is 432 g/mol. The highest BCUT2D eigenvalue weighted by Gasteiger charge is 2.22. The van der Waals surface area contributed by atoms with Crippen LogP contribution in [0.5, 0.6) is 0 Å². The van der Waals surface area contributed by atoms with Crippen molar-refractivity contribution in [3.8, 4) is 11.5 Å². The number of rotatable bonds is 5. The van der Waals surface area contributed by atoms with E-state index in [4.69, 9.17) is 21.0 Å². The molecule has 1 aliphatic rings. The van der Waals surface area contributed by atoms with E-state index >= 15 is 0 Å². The zero-order valence-electron chi connectivity index (χ0n) is 16.8. The van der Waals surface area contributed by atoms with Gasteiger partial charge in [-0.25, -0.2) is 4.98 Å². The molecule has 2 aromatic carbocycles. The second kappa shape index (κ2) is 8.85. The van der Waals surface area contributed by atoms with Crippen LogP contribution in [0.4, 0.5) is 0 Å². The summed E-state index contributed by atoms with van der Waals surface area (Å²) in [5, 5.41) is 10.2. The average Bonchev–Trinajstić information content (AvgIpc) is 3.28. The fraction of sp³-hybridized carbons (Fsp3) is 0.304. The highest BCUT2D eigenvalue weighted by molar-refractivity contribution is 7.98. The van der Waals surface area contributed by atoms with Crippen LogP contribution in [0.3, 0.4) is 0 Å².